The van der Waals surface area contributed by atoms with Gasteiger partial charge in [-0.15, -0.1) is 0 Å². The minimum Gasteiger partial charge on any atom is -0.476 e. The van der Waals surface area contributed by atoms with Crippen LogP contribution in [0.15, 0.2) is 6.20 Å². The molecule has 5 heteroatoms. The molecule has 0 bridgehead atoms. The molecule has 0 amide bonds. The van der Waals surface area contributed by atoms with Crippen LogP contribution in [-0.2, 0) is 12.0 Å². The molecule has 2 aliphatic rings. The summed E-state index contributed by atoms with van der Waals surface area (Å²) in [5.41, 5.74) is 1.19. The van der Waals surface area contributed by atoms with Crippen molar-refractivity contribution in [3.05, 3.63) is 11.8 Å². The number of nitrogens with zero attached hydrogens (tertiary/aromatic N) is 3. The molecule has 1 saturated heterocycles. The van der Waals surface area contributed by atoms with Crippen molar-refractivity contribution >= 4 is 0 Å². The molecule has 0 saturated carbocycles. The van der Waals surface area contributed by atoms with E-state index in [2.05, 4.69) is 30.8 Å². The van der Waals surface area contributed by atoms with Crippen molar-refractivity contribution in [2.24, 2.45) is 0 Å². The zero-order valence-corrected chi connectivity index (χ0v) is 11.2. The van der Waals surface area contributed by atoms with Crippen LogP contribution in [0.1, 0.15) is 26.3 Å². The van der Waals surface area contributed by atoms with E-state index in [4.69, 9.17) is 4.74 Å². The van der Waals surface area contributed by atoms with Crippen LogP contribution < -0.4 is 4.74 Å². The van der Waals surface area contributed by atoms with Gasteiger partial charge in [0.25, 0.3) is 0 Å². The van der Waals surface area contributed by atoms with E-state index in [0.717, 1.165) is 18.0 Å². The molecule has 1 unspecified atom stereocenters. The molecule has 0 aromatic carbocycles. The van der Waals surface area contributed by atoms with Crippen LogP contribution in [-0.4, -0.2) is 46.6 Å². The maximum Gasteiger partial charge on any atom is 0.215 e. The van der Waals surface area contributed by atoms with Gasteiger partial charge >= 0.3 is 0 Å². The minimum atomic E-state index is -0.658. The molecule has 3 heterocycles. The lowest BCUT2D eigenvalue weighted by molar-refractivity contribution is -0.0111. The third kappa shape index (κ3) is 1.90. The summed E-state index contributed by atoms with van der Waals surface area (Å²) in [5.74, 6) is 0.885. The summed E-state index contributed by atoms with van der Waals surface area (Å²) in [5, 5.41) is 4.40. The second kappa shape index (κ2) is 3.95. The number of halogens is 1. The number of alkyl halides is 1. The zero-order valence-electron chi connectivity index (χ0n) is 11.2. The second-order valence-electron chi connectivity index (χ2n) is 6.31. The number of hydrogen-bond acceptors (Lipinski definition) is 3. The van der Waals surface area contributed by atoms with Crippen molar-refractivity contribution in [1.82, 2.24) is 14.7 Å². The Morgan fingerprint density at radius 2 is 2.06 bits per heavy atom. The maximum atomic E-state index is 12.9. The number of likely N-dealkylation sites (tertiary alicyclic amines) is 1. The van der Waals surface area contributed by atoms with E-state index in [-0.39, 0.29) is 11.5 Å². The first-order valence-electron chi connectivity index (χ1n) is 6.52. The normalized spacial score (nSPS) is 25.4. The van der Waals surface area contributed by atoms with E-state index >= 15 is 0 Å². The predicted octanol–water partition coefficient (Wildman–Crippen LogP) is 1.60. The van der Waals surface area contributed by atoms with Gasteiger partial charge in [0.2, 0.25) is 5.88 Å². The standard InChI is InChI=1S/C13H20FN3O/c1-13(2,3)11-4-15-17-7-10(8-18-12(11)17)16-5-9(14)6-16/h4,9-10H,5-8H2,1-3H3. The quantitative estimate of drug-likeness (QED) is 0.761. The SMILES string of the molecule is CC(C)(C)c1cnn2c1OCC(N1CC(F)C1)C2. The third-order valence-corrected chi connectivity index (χ3v) is 3.78. The van der Waals surface area contributed by atoms with Crippen LogP contribution in [0.3, 0.4) is 0 Å². The number of rotatable bonds is 1. The number of ether oxygens (including phenoxy) is 1. The molecule has 100 valence electrons. The Labute approximate surface area is 107 Å². The van der Waals surface area contributed by atoms with E-state index < -0.39 is 6.17 Å². The highest BCUT2D eigenvalue weighted by Crippen LogP contribution is 2.34. The maximum absolute atomic E-state index is 12.9. The Kier molecular flexibility index (Phi) is 2.62. The molecule has 18 heavy (non-hydrogen) atoms. The van der Waals surface area contributed by atoms with E-state index in [1.54, 1.807) is 0 Å². The molecule has 3 rings (SSSR count). The summed E-state index contributed by atoms with van der Waals surface area (Å²) in [6.07, 6.45) is 1.24. The van der Waals surface area contributed by atoms with E-state index in [9.17, 15) is 4.39 Å². The molecular formula is C13H20FN3O. The summed E-state index contributed by atoms with van der Waals surface area (Å²) in [6, 6.07) is 0.261. The van der Waals surface area contributed by atoms with Gasteiger partial charge < -0.3 is 4.74 Å². The molecule has 1 fully saturated rings. The Hall–Kier alpha value is -1.10. The topological polar surface area (TPSA) is 30.3 Å². The van der Waals surface area contributed by atoms with Gasteiger partial charge in [0.15, 0.2) is 0 Å². The largest absolute Gasteiger partial charge is 0.476 e. The lowest BCUT2D eigenvalue weighted by Gasteiger charge is -2.42. The van der Waals surface area contributed by atoms with Crippen molar-refractivity contribution in [3.8, 4) is 5.88 Å². The fraction of sp³-hybridized carbons (Fsp3) is 0.769. The summed E-state index contributed by atoms with van der Waals surface area (Å²) < 4.78 is 20.7. The van der Waals surface area contributed by atoms with Gasteiger partial charge in [0.05, 0.1) is 18.8 Å². The molecule has 0 N–H and O–H groups in total. The number of aromatic nitrogens is 2. The predicted molar refractivity (Wildman–Crippen MR) is 66.7 cm³/mol. The lowest BCUT2D eigenvalue weighted by Crippen LogP contribution is -2.57. The average molecular weight is 253 g/mol. The molecule has 4 nitrogen and oxygen atoms in total. The van der Waals surface area contributed by atoms with Crippen molar-refractivity contribution in [1.29, 1.82) is 0 Å². The van der Waals surface area contributed by atoms with Gasteiger partial charge in [-0.3, -0.25) is 4.90 Å². The summed E-state index contributed by atoms with van der Waals surface area (Å²) >= 11 is 0. The van der Waals surface area contributed by atoms with E-state index in [1.807, 2.05) is 10.9 Å². The van der Waals surface area contributed by atoms with Gasteiger partial charge in [-0.1, -0.05) is 20.8 Å². The summed E-state index contributed by atoms with van der Waals surface area (Å²) in [4.78, 5) is 2.13. The van der Waals surface area contributed by atoms with Crippen molar-refractivity contribution < 1.29 is 9.13 Å². The second-order valence-corrected chi connectivity index (χ2v) is 6.31. The van der Waals surface area contributed by atoms with Crippen molar-refractivity contribution in [2.75, 3.05) is 19.7 Å². The zero-order chi connectivity index (χ0) is 12.9. The first-order valence-corrected chi connectivity index (χ1v) is 6.52. The monoisotopic (exact) mass is 253 g/mol. The Morgan fingerprint density at radius 1 is 1.33 bits per heavy atom. The van der Waals surface area contributed by atoms with E-state index in [1.165, 1.54) is 0 Å². The van der Waals surface area contributed by atoms with Crippen LogP contribution in [0, 0.1) is 0 Å². The molecule has 2 aliphatic heterocycles. The Morgan fingerprint density at radius 3 is 2.67 bits per heavy atom. The van der Waals surface area contributed by atoms with Crippen molar-refractivity contribution in [2.45, 2.75) is 44.9 Å². The molecule has 0 aliphatic carbocycles. The molecule has 1 aromatic rings. The average Bonchev–Trinajstić information content (AvgIpc) is 2.66. The number of hydrogen-bond donors (Lipinski definition) is 0. The van der Waals surface area contributed by atoms with Crippen LogP contribution in [0.2, 0.25) is 0 Å². The highest BCUT2D eigenvalue weighted by Gasteiger charge is 2.36. The first-order chi connectivity index (χ1) is 8.45. The van der Waals surface area contributed by atoms with Crippen LogP contribution in [0.4, 0.5) is 4.39 Å². The minimum absolute atomic E-state index is 0.0429. The Balaban J connectivity index is 1.76. The van der Waals surface area contributed by atoms with E-state index in [0.29, 0.717) is 19.7 Å². The lowest BCUT2D eigenvalue weighted by atomic mass is 9.89. The highest BCUT2D eigenvalue weighted by atomic mass is 19.1. The van der Waals surface area contributed by atoms with Crippen LogP contribution in [0.5, 0.6) is 5.88 Å². The van der Waals surface area contributed by atoms with Crippen LogP contribution >= 0.6 is 0 Å². The molecule has 0 spiro atoms. The molecule has 1 atom stereocenters. The van der Waals surface area contributed by atoms with Crippen LogP contribution in [0.25, 0.3) is 0 Å². The summed E-state index contributed by atoms with van der Waals surface area (Å²) in [6.45, 7) is 8.99. The third-order valence-electron chi connectivity index (χ3n) is 3.78. The summed E-state index contributed by atoms with van der Waals surface area (Å²) in [7, 11) is 0. The van der Waals surface area contributed by atoms with Crippen molar-refractivity contribution in [3.63, 3.8) is 0 Å². The highest BCUT2D eigenvalue weighted by molar-refractivity contribution is 5.32. The Bertz CT molecular complexity index is 446. The van der Waals surface area contributed by atoms with Gasteiger partial charge in [0.1, 0.15) is 12.8 Å². The fourth-order valence-corrected chi connectivity index (χ4v) is 2.57. The fourth-order valence-electron chi connectivity index (χ4n) is 2.57. The first kappa shape index (κ1) is 12.0. The molecule has 0 radical (unpaired) electrons. The molecule has 1 aromatic heterocycles. The van der Waals surface area contributed by atoms with Gasteiger partial charge in [-0.25, -0.2) is 9.07 Å². The van der Waals surface area contributed by atoms with Gasteiger partial charge in [-0.05, 0) is 5.41 Å². The van der Waals surface area contributed by atoms with Gasteiger partial charge in [-0.2, -0.15) is 5.10 Å². The smallest absolute Gasteiger partial charge is 0.215 e. The van der Waals surface area contributed by atoms with Gasteiger partial charge in [0, 0.05) is 18.7 Å². The molecular weight excluding hydrogens is 233 g/mol. The number of fused-ring (bicyclic) bond motifs is 1.